The molecule has 0 bridgehead atoms. The molecule has 2 aromatic heterocycles. The minimum Gasteiger partial charge on any atom is -0.338 e. The highest BCUT2D eigenvalue weighted by atomic mass is 15.3. The van der Waals surface area contributed by atoms with E-state index in [9.17, 15) is 0 Å². The van der Waals surface area contributed by atoms with E-state index in [1.165, 1.54) is 45.1 Å². The average molecular weight is 577 g/mol. The predicted molar refractivity (Wildman–Crippen MR) is 182 cm³/mol. The third-order valence-electron chi connectivity index (χ3n) is 8.21. The Morgan fingerprint density at radius 2 is 0.932 bits per heavy atom. The monoisotopic (exact) mass is 576 g/mol. The van der Waals surface area contributed by atoms with E-state index in [1.807, 2.05) is 0 Å². The van der Waals surface area contributed by atoms with Crippen molar-refractivity contribution in [3.63, 3.8) is 0 Å². The van der Waals surface area contributed by atoms with Gasteiger partial charge in [-0.05, 0) is 53.9 Å². The van der Waals surface area contributed by atoms with Gasteiger partial charge in [-0.25, -0.2) is 9.13 Å². The molecule has 4 nitrogen and oxygen atoms in total. The molecule has 0 amide bonds. The fourth-order valence-corrected chi connectivity index (χ4v) is 6.03. The van der Waals surface area contributed by atoms with Crippen molar-refractivity contribution in [3.8, 4) is 11.1 Å². The number of unbranched alkanes of at least 4 members (excludes halogenated alkanes) is 1. The van der Waals surface area contributed by atoms with Gasteiger partial charge in [0.1, 0.15) is 6.54 Å². The zero-order chi connectivity index (χ0) is 28.8. The molecule has 1 aliphatic rings. The maximum atomic E-state index is 2.50. The summed E-state index contributed by atoms with van der Waals surface area (Å²) < 4.78 is 4.53. The molecule has 0 N–H and O–H groups in total. The summed E-state index contributed by atoms with van der Waals surface area (Å²) in [6, 6.07) is 47.7. The third-order valence-corrected chi connectivity index (χ3v) is 8.21. The van der Waals surface area contributed by atoms with E-state index >= 15 is 0 Å². The zero-order valence-corrected chi connectivity index (χ0v) is 24.3. The molecule has 6 aromatic rings. The van der Waals surface area contributed by atoms with E-state index < -0.39 is 0 Å². The zero-order valence-electron chi connectivity index (χ0n) is 24.3. The van der Waals surface area contributed by atoms with Crippen LogP contribution in [0.1, 0.15) is 25.8 Å². The quantitative estimate of drug-likeness (QED) is 0.126. The molecular formula is C40H40N4+2. The number of anilines is 5. The molecule has 44 heavy (non-hydrogen) atoms. The second-order valence-electron chi connectivity index (χ2n) is 11.1. The summed E-state index contributed by atoms with van der Waals surface area (Å²) in [5.74, 6) is 0. The molecule has 0 aliphatic carbocycles. The first kappa shape index (κ1) is 28.9. The Morgan fingerprint density at radius 1 is 0.455 bits per heavy atom. The number of para-hydroxylation sites is 5. The van der Waals surface area contributed by atoms with Gasteiger partial charge in [0.05, 0.1) is 22.7 Å². The van der Waals surface area contributed by atoms with Gasteiger partial charge < -0.3 is 9.80 Å². The maximum Gasteiger partial charge on any atom is 0.173 e. The SMILES string of the molecule is C.c1ccc(C[n+]2ccc(-c3cc[n+](CCCCN4c5ccccc5N(c5ccccc5)c5ccccc54)cc3)cc2)cc1. The molecular weight excluding hydrogens is 536 g/mol. The Kier molecular flexibility index (Phi) is 8.79. The van der Waals surface area contributed by atoms with Gasteiger partial charge in [-0.1, -0.05) is 80.2 Å². The number of hydrogen-bond donors (Lipinski definition) is 0. The first-order valence-electron chi connectivity index (χ1n) is 15.2. The number of fused-ring (bicyclic) bond motifs is 2. The normalized spacial score (nSPS) is 11.8. The lowest BCUT2D eigenvalue weighted by molar-refractivity contribution is -0.697. The number of rotatable bonds is 9. The Balaban J connectivity index is 0.00000343. The molecule has 0 unspecified atom stereocenters. The summed E-state index contributed by atoms with van der Waals surface area (Å²) in [5, 5.41) is 0. The molecule has 0 radical (unpaired) electrons. The Bertz CT molecular complexity index is 1730. The van der Waals surface area contributed by atoms with Crippen LogP contribution in [0, 0.1) is 0 Å². The van der Waals surface area contributed by atoms with E-state index in [-0.39, 0.29) is 7.43 Å². The van der Waals surface area contributed by atoms with Crippen molar-refractivity contribution in [3.05, 3.63) is 164 Å². The van der Waals surface area contributed by atoms with Crippen LogP contribution in [-0.2, 0) is 13.1 Å². The first-order chi connectivity index (χ1) is 21.3. The molecule has 4 aromatic carbocycles. The number of hydrogen-bond acceptors (Lipinski definition) is 2. The van der Waals surface area contributed by atoms with E-state index in [1.54, 1.807) is 0 Å². The summed E-state index contributed by atoms with van der Waals surface area (Å²) in [4.78, 5) is 4.88. The largest absolute Gasteiger partial charge is 0.338 e. The Hall–Kier alpha value is -5.22. The summed E-state index contributed by atoms with van der Waals surface area (Å²) in [7, 11) is 0. The lowest BCUT2D eigenvalue weighted by Crippen LogP contribution is -2.33. The first-order valence-corrected chi connectivity index (χ1v) is 15.2. The standard InChI is InChI=1S/C39H36N4.CH4/c1-3-13-32(14-4-1)31-41-29-23-34(24-30-41)33-21-27-40(28-22-33)25-11-12-26-42-36-17-7-9-19-38(36)43(35-15-5-2-6-16-35)39-20-10-8-18-37(39)42;/h1-10,13-24,27-30H,11-12,25-26,31H2;1H4/q+2;. The highest BCUT2D eigenvalue weighted by molar-refractivity contribution is 5.97. The molecule has 1 aliphatic heterocycles. The van der Waals surface area contributed by atoms with Crippen molar-refractivity contribution in [2.75, 3.05) is 16.3 Å². The van der Waals surface area contributed by atoms with Crippen LogP contribution in [0.4, 0.5) is 28.4 Å². The summed E-state index contributed by atoms with van der Waals surface area (Å²) in [6.07, 6.45) is 11.0. The molecule has 7 rings (SSSR count). The van der Waals surface area contributed by atoms with Crippen LogP contribution in [-0.4, -0.2) is 6.54 Å². The van der Waals surface area contributed by atoms with E-state index in [0.29, 0.717) is 0 Å². The van der Waals surface area contributed by atoms with Crippen LogP contribution >= 0.6 is 0 Å². The fourth-order valence-electron chi connectivity index (χ4n) is 6.03. The van der Waals surface area contributed by atoms with E-state index in [4.69, 9.17) is 0 Å². The number of aromatic nitrogens is 2. The highest BCUT2D eigenvalue weighted by Crippen LogP contribution is 2.51. The Labute approximate surface area is 261 Å². The third kappa shape index (κ3) is 6.11. The van der Waals surface area contributed by atoms with Crippen LogP contribution in [0.5, 0.6) is 0 Å². The summed E-state index contributed by atoms with van der Waals surface area (Å²) in [6.45, 7) is 2.86. The van der Waals surface area contributed by atoms with Crippen LogP contribution in [0.15, 0.2) is 158 Å². The van der Waals surface area contributed by atoms with Crippen molar-refractivity contribution in [2.45, 2.75) is 33.4 Å². The molecule has 0 atom stereocenters. The lowest BCUT2D eigenvalue weighted by atomic mass is 10.1. The number of benzene rings is 4. The molecule has 3 heterocycles. The molecule has 4 heteroatoms. The van der Waals surface area contributed by atoms with E-state index in [0.717, 1.165) is 32.5 Å². The minimum atomic E-state index is 0. The van der Waals surface area contributed by atoms with E-state index in [2.05, 4.69) is 177 Å². The van der Waals surface area contributed by atoms with Crippen LogP contribution in [0.25, 0.3) is 11.1 Å². The van der Waals surface area contributed by atoms with Crippen LogP contribution < -0.4 is 18.9 Å². The molecule has 0 saturated heterocycles. The summed E-state index contributed by atoms with van der Waals surface area (Å²) >= 11 is 0. The predicted octanol–water partition coefficient (Wildman–Crippen LogP) is 9.01. The summed E-state index contributed by atoms with van der Waals surface area (Å²) in [5.41, 5.74) is 9.95. The van der Waals surface area contributed by atoms with Gasteiger partial charge in [0.2, 0.25) is 0 Å². The smallest absolute Gasteiger partial charge is 0.173 e. The van der Waals surface area contributed by atoms with Gasteiger partial charge in [-0.15, -0.1) is 0 Å². The molecule has 0 fully saturated rings. The van der Waals surface area contributed by atoms with Crippen molar-refractivity contribution >= 4 is 28.4 Å². The topological polar surface area (TPSA) is 14.2 Å². The van der Waals surface area contributed by atoms with Crippen molar-refractivity contribution in [1.82, 2.24) is 0 Å². The van der Waals surface area contributed by atoms with Crippen LogP contribution in [0.2, 0.25) is 0 Å². The van der Waals surface area contributed by atoms with Crippen molar-refractivity contribution in [2.24, 2.45) is 0 Å². The second kappa shape index (κ2) is 13.4. The fraction of sp³-hybridized carbons (Fsp3) is 0.150. The number of aryl methyl sites for hydroxylation is 1. The molecule has 0 saturated carbocycles. The molecule has 218 valence electrons. The van der Waals surface area contributed by atoms with Crippen molar-refractivity contribution in [1.29, 1.82) is 0 Å². The average Bonchev–Trinajstić information content (AvgIpc) is 3.08. The van der Waals surface area contributed by atoms with Gasteiger partial charge in [-0.2, -0.15) is 0 Å². The van der Waals surface area contributed by atoms with Gasteiger partial charge in [0.15, 0.2) is 31.3 Å². The molecule has 0 spiro atoms. The van der Waals surface area contributed by atoms with Gasteiger partial charge >= 0.3 is 0 Å². The second-order valence-corrected chi connectivity index (χ2v) is 11.1. The van der Waals surface area contributed by atoms with Crippen molar-refractivity contribution < 1.29 is 9.13 Å². The minimum absolute atomic E-state index is 0. The Morgan fingerprint density at radius 3 is 1.50 bits per heavy atom. The lowest BCUT2D eigenvalue weighted by Gasteiger charge is -2.40. The number of nitrogens with zero attached hydrogens (tertiary/aromatic N) is 4. The highest BCUT2D eigenvalue weighted by Gasteiger charge is 2.28. The van der Waals surface area contributed by atoms with Gasteiger partial charge in [0, 0.05) is 48.5 Å². The van der Waals surface area contributed by atoms with Gasteiger partial charge in [0.25, 0.3) is 0 Å². The number of pyridine rings is 2. The van der Waals surface area contributed by atoms with Crippen LogP contribution in [0.3, 0.4) is 0 Å². The van der Waals surface area contributed by atoms with Gasteiger partial charge in [-0.3, -0.25) is 0 Å². The maximum absolute atomic E-state index is 2.50.